The molecule has 6 nitrogen and oxygen atoms in total. The SMILES string of the molecule is CC(C)CNC(=O)Cc1ccc(-n2c(=O)c3ccccc3n(Cc3ccc(Cl)cc3)c2=O)cc1. The summed E-state index contributed by atoms with van der Waals surface area (Å²) < 4.78 is 2.77. The van der Waals surface area contributed by atoms with E-state index in [-0.39, 0.29) is 17.9 Å². The van der Waals surface area contributed by atoms with Crippen LogP contribution >= 0.6 is 11.6 Å². The Labute approximate surface area is 202 Å². The van der Waals surface area contributed by atoms with E-state index in [4.69, 9.17) is 11.6 Å². The molecule has 4 aromatic rings. The van der Waals surface area contributed by atoms with E-state index in [2.05, 4.69) is 5.32 Å². The molecule has 3 aromatic carbocycles. The summed E-state index contributed by atoms with van der Waals surface area (Å²) in [5.41, 5.74) is 1.92. The Hall–Kier alpha value is -3.64. The predicted octanol–water partition coefficient (Wildman–Crippen LogP) is 4.17. The average Bonchev–Trinajstić information content (AvgIpc) is 2.83. The van der Waals surface area contributed by atoms with Crippen LogP contribution < -0.4 is 16.6 Å². The van der Waals surface area contributed by atoms with Crippen LogP contribution in [0.1, 0.15) is 25.0 Å². The van der Waals surface area contributed by atoms with Gasteiger partial charge in [0, 0.05) is 11.6 Å². The Kier molecular flexibility index (Phi) is 6.98. The largest absolute Gasteiger partial charge is 0.356 e. The number of hydrogen-bond acceptors (Lipinski definition) is 3. The zero-order valence-electron chi connectivity index (χ0n) is 19.1. The van der Waals surface area contributed by atoms with Crippen LogP contribution in [-0.2, 0) is 17.8 Å². The molecule has 0 aliphatic heterocycles. The zero-order chi connectivity index (χ0) is 24.2. The van der Waals surface area contributed by atoms with Gasteiger partial charge in [-0.1, -0.05) is 61.8 Å². The number of carbonyl (C=O) groups is 1. The highest BCUT2D eigenvalue weighted by Gasteiger charge is 2.15. The van der Waals surface area contributed by atoms with Crippen molar-refractivity contribution in [3.63, 3.8) is 0 Å². The molecular formula is C27H26ClN3O3. The first kappa shape index (κ1) is 23.5. The number of nitrogens with zero attached hydrogens (tertiary/aromatic N) is 2. The molecule has 174 valence electrons. The van der Waals surface area contributed by atoms with Gasteiger partial charge in [-0.05, 0) is 53.4 Å². The molecule has 1 aromatic heterocycles. The van der Waals surface area contributed by atoms with E-state index in [1.165, 1.54) is 4.57 Å². The lowest BCUT2D eigenvalue weighted by atomic mass is 10.1. The zero-order valence-corrected chi connectivity index (χ0v) is 19.9. The Morgan fingerprint density at radius 2 is 1.56 bits per heavy atom. The van der Waals surface area contributed by atoms with Gasteiger partial charge in [-0.15, -0.1) is 0 Å². The molecule has 0 radical (unpaired) electrons. The molecule has 0 unspecified atom stereocenters. The van der Waals surface area contributed by atoms with Crippen molar-refractivity contribution in [1.29, 1.82) is 0 Å². The van der Waals surface area contributed by atoms with Crippen molar-refractivity contribution in [2.45, 2.75) is 26.8 Å². The predicted molar refractivity (Wildman–Crippen MR) is 136 cm³/mol. The number of halogens is 1. The Morgan fingerprint density at radius 1 is 0.912 bits per heavy atom. The van der Waals surface area contributed by atoms with Gasteiger partial charge >= 0.3 is 5.69 Å². The maximum Gasteiger partial charge on any atom is 0.336 e. The van der Waals surface area contributed by atoms with Crippen molar-refractivity contribution in [2.24, 2.45) is 5.92 Å². The van der Waals surface area contributed by atoms with Crippen LogP contribution in [0.5, 0.6) is 0 Å². The highest BCUT2D eigenvalue weighted by Crippen LogP contribution is 2.15. The summed E-state index contributed by atoms with van der Waals surface area (Å²) in [7, 11) is 0. The maximum atomic E-state index is 13.5. The molecule has 34 heavy (non-hydrogen) atoms. The molecule has 0 aliphatic carbocycles. The second kappa shape index (κ2) is 10.1. The maximum absolute atomic E-state index is 13.5. The van der Waals surface area contributed by atoms with Gasteiger partial charge in [0.05, 0.1) is 29.6 Å². The van der Waals surface area contributed by atoms with Crippen LogP contribution in [0.25, 0.3) is 16.6 Å². The summed E-state index contributed by atoms with van der Waals surface area (Å²) in [6.07, 6.45) is 0.237. The first-order valence-corrected chi connectivity index (χ1v) is 11.6. The van der Waals surface area contributed by atoms with Gasteiger partial charge in [-0.3, -0.25) is 14.2 Å². The summed E-state index contributed by atoms with van der Waals surface area (Å²) in [4.78, 5) is 38.9. The van der Waals surface area contributed by atoms with E-state index in [1.54, 1.807) is 59.2 Å². The van der Waals surface area contributed by atoms with E-state index in [1.807, 2.05) is 32.0 Å². The number of carbonyl (C=O) groups excluding carboxylic acids is 1. The van der Waals surface area contributed by atoms with Gasteiger partial charge in [0.1, 0.15) is 0 Å². The van der Waals surface area contributed by atoms with Crippen molar-refractivity contribution in [2.75, 3.05) is 6.54 Å². The third kappa shape index (κ3) is 5.13. The number of rotatable bonds is 7. The van der Waals surface area contributed by atoms with Crippen LogP contribution in [0, 0.1) is 5.92 Å². The fourth-order valence-corrected chi connectivity index (χ4v) is 3.93. The van der Waals surface area contributed by atoms with Crippen molar-refractivity contribution < 1.29 is 4.79 Å². The first-order chi connectivity index (χ1) is 16.3. The molecule has 1 amide bonds. The molecule has 0 fully saturated rings. The number of para-hydroxylation sites is 1. The number of fused-ring (bicyclic) bond motifs is 1. The van der Waals surface area contributed by atoms with Gasteiger partial charge in [-0.2, -0.15) is 0 Å². The van der Waals surface area contributed by atoms with Crippen molar-refractivity contribution in [3.8, 4) is 5.69 Å². The first-order valence-electron chi connectivity index (χ1n) is 11.2. The second-order valence-electron chi connectivity index (χ2n) is 8.69. The highest BCUT2D eigenvalue weighted by molar-refractivity contribution is 6.30. The quantitative estimate of drug-likeness (QED) is 0.436. The molecule has 0 saturated carbocycles. The number of amides is 1. The van der Waals surface area contributed by atoms with E-state index < -0.39 is 5.69 Å². The van der Waals surface area contributed by atoms with Crippen molar-refractivity contribution in [3.05, 3.63) is 110 Å². The fraction of sp³-hybridized carbons (Fsp3) is 0.222. The summed E-state index contributed by atoms with van der Waals surface area (Å²) in [6.45, 7) is 4.99. The Bertz CT molecular complexity index is 1440. The minimum atomic E-state index is -0.430. The summed E-state index contributed by atoms with van der Waals surface area (Å²) >= 11 is 6.00. The van der Waals surface area contributed by atoms with Crippen LogP contribution in [0.3, 0.4) is 0 Å². The highest BCUT2D eigenvalue weighted by atomic mass is 35.5. The normalized spacial score (nSPS) is 11.2. The molecule has 0 saturated heterocycles. The molecule has 0 bridgehead atoms. The van der Waals surface area contributed by atoms with Crippen LogP contribution in [0.15, 0.2) is 82.4 Å². The van der Waals surface area contributed by atoms with Crippen molar-refractivity contribution in [1.82, 2.24) is 14.5 Å². The molecule has 0 aliphatic rings. The molecule has 1 heterocycles. The van der Waals surface area contributed by atoms with Gasteiger partial charge in [0.2, 0.25) is 5.91 Å². The van der Waals surface area contributed by atoms with Crippen LogP contribution in [0.4, 0.5) is 0 Å². The van der Waals surface area contributed by atoms with Crippen LogP contribution in [0.2, 0.25) is 5.02 Å². The minimum absolute atomic E-state index is 0.0605. The van der Waals surface area contributed by atoms with E-state index in [0.29, 0.717) is 40.6 Å². The summed E-state index contributed by atoms with van der Waals surface area (Å²) in [5, 5.41) is 3.96. The topological polar surface area (TPSA) is 73.1 Å². The summed E-state index contributed by atoms with van der Waals surface area (Å²) in [5.74, 6) is 0.316. The van der Waals surface area contributed by atoms with E-state index >= 15 is 0 Å². The lowest BCUT2D eigenvalue weighted by molar-refractivity contribution is -0.120. The van der Waals surface area contributed by atoms with Crippen LogP contribution in [-0.4, -0.2) is 21.6 Å². The van der Waals surface area contributed by atoms with E-state index in [0.717, 1.165) is 11.1 Å². The molecular weight excluding hydrogens is 450 g/mol. The monoisotopic (exact) mass is 475 g/mol. The second-order valence-corrected chi connectivity index (χ2v) is 9.13. The third-order valence-electron chi connectivity index (χ3n) is 5.57. The summed E-state index contributed by atoms with van der Waals surface area (Å²) in [6, 6.07) is 21.3. The molecule has 0 atom stereocenters. The third-order valence-corrected chi connectivity index (χ3v) is 5.82. The molecule has 7 heteroatoms. The van der Waals surface area contributed by atoms with Gasteiger partial charge < -0.3 is 5.32 Å². The Morgan fingerprint density at radius 3 is 2.24 bits per heavy atom. The lowest BCUT2D eigenvalue weighted by Gasteiger charge is -2.15. The lowest BCUT2D eigenvalue weighted by Crippen LogP contribution is -2.39. The molecule has 0 spiro atoms. The fourth-order valence-electron chi connectivity index (χ4n) is 3.80. The standard InChI is InChI=1S/C27H26ClN3O3/c1-18(2)16-29-25(32)15-19-9-13-22(14-10-19)31-26(33)23-5-3-4-6-24(23)30(27(31)34)17-20-7-11-21(28)12-8-20/h3-14,18H,15-17H2,1-2H3,(H,29,32). The number of hydrogen-bond donors (Lipinski definition) is 1. The van der Waals surface area contributed by atoms with Crippen molar-refractivity contribution >= 4 is 28.4 Å². The van der Waals surface area contributed by atoms with Gasteiger partial charge in [0.15, 0.2) is 0 Å². The number of benzene rings is 3. The van der Waals surface area contributed by atoms with Gasteiger partial charge in [-0.25, -0.2) is 9.36 Å². The molecule has 4 rings (SSSR count). The number of nitrogens with one attached hydrogen (secondary N) is 1. The Balaban J connectivity index is 1.73. The van der Waals surface area contributed by atoms with Gasteiger partial charge in [0.25, 0.3) is 5.56 Å². The minimum Gasteiger partial charge on any atom is -0.356 e. The average molecular weight is 476 g/mol. The van der Waals surface area contributed by atoms with E-state index in [9.17, 15) is 14.4 Å². The molecule has 1 N–H and O–H groups in total. The smallest absolute Gasteiger partial charge is 0.336 e. The number of aromatic nitrogens is 2.